The summed E-state index contributed by atoms with van der Waals surface area (Å²) in [7, 11) is 0. The van der Waals surface area contributed by atoms with Crippen molar-refractivity contribution < 1.29 is 14.7 Å². The molecule has 1 fully saturated rings. The van der Waals surface area contributed by atoms with E-state index in [0.717, 1.165) is 17.7 Å². The van der Waals surface area contributed by atoms with E-state index in [1.54, 1.807) is 0 Å². The van der Waals surface area contributed by atoms with Gasteiger partial charge in [-0.05, 0) is 24.5 Å². The fourth-order valence-electron chi connectivity index (χ4n) is 3.25. The number of anilines is 1. The summed E-state index contributed by atoms with van der Waals surface area (Å²) in [6.45, 7) is 1.43. The van der Waals surface area contributed by atoms with Crippen LogP contribution in [0.2, 0.25) is 0 Å². The lowest BCUT2D eigenvalue weighted by atomic mass is 9.65. The predicted octanol–water partition coefficient (Wildman–Crippen LogP) is 1.75. The van der Waals surface area contributed by atoms with Crippen LogP contribution in [0.15, 0.2) is 24.3 Å². The molecule has 0 aromatic heterocycles. The number of carbonyl (C=O) groups is 2. The minimum Gasteiger partial charge on any atom is -0.479 e. The molecule has 1 aromatic carbocycles. The number of aliphatic carboxylic acids is 1. The van der Waals surface area contributed by atoms with Crippen LogP contribution in [0.3, 0.4) is 0 Å². The normalized spacial score (nSPS) is 29.2. The smallest absolute Gasteiger partial charge is 0.330 e. The average molecular weight is 231 g/mol. The maximum atomic E-state index is 11.8. The van der Waals surface area contributed by atoms with Gasteiger partial charge in [0.15, 0.2) is 5.54 Å². The maximum Gasteiger partial charge on any atom is 0.330 e. The first kappa shape index (κ1) is 10.3. The highest BCUT2D eigenvalue weighted by Crippen LogP contribution is 2.59. The van der Waals surface area contributed by atoms with Crippen LogP contribution in [-0.4, -0.2) is 22.5 Å². The quantitative estimate of drug-likeness (QED) is 0.801. The van der Waals surface area contributed by atoms with Gasteiger partial charge in [-0.3, -0.25) is 9.69 Å². The average Bonchev–Trinajstić information content (AvgIpc) is 2.43. The molecule has 0 saturated heterocycles. The van der Waals surface area contributed by atoms with Gasteiger partial charge in [0.2, 0.25) is 5.91 Å². The highest BCUT2D eigenvalue weighted by Gasteiger charge is 2.63. The Morgan fingerprint density at radius 2 is 2.12 bits per heavy atom. The molecule has 1 aromatic rings. The summed E-state index contributed by atoms with van der Waals surface area (Å²) in [4.78, 5) is 24.8. The number of carboxylic acids is 1. The Labute approximate surface area is 98.9 Å². The fraction of sp³-hybridized carbons (Fsp3) is 0.385. The zero-order chi connectivity index (χ0) is 12.2. The van der Waals surface area contributed by atoms with Crippen molar-refractivity contribution in [1.82, 2.24) is 0 Å². The van der Waals surface area contributed by atoms with E-state index in [4.69, 9.17) is 0 Å². The zero-order valence-electron chi connectivity index (χ0n) is 9.51. The van der Waals surface area contributed by atoms with Crippen LogP contribution in [0.5, 0.6) is 0 Å². The van der Waals surface area contributed by atoms with Gasteiger partial charge in [-0.15, -0.1) is 0 Å². The maximum absolute atomic E-state index is 11.8. The lowest BCUT2D eigenvalue weighted by molar-refractivity contribution is -0.149. The number of fused-ring (bicyclic) bond motifs is 3. The van der Waals surface area contributed by atoms with Crippen molar-refractivity contribution in [2.75, 3.05) is 4.90 Å². The number of carbonyl (C=O) groups excluding carboxylic acids is 1. The van der Waals surface area contributed by atoms with Gasteiger partial charge < -0.3 is 5.11 Å². The lowest BCUT2D eigenvalue weighted by Crippen LogP contribution is -2.62. The summed E-state index contributed by atoms with van der Waals surface area (Å²) in [5.74, 6) is -1.12. The lowest BCUT2D eigenvalue weighted by Gasteiger charge is -2.46. The van der Waals surface area contributed by atoms with Gasteiger partial charge in [-0.1, -0.05) is 18.2 Å². The van der Waals surface area contributed by atoms with E-state index in [9.17, 15) is 14.7 Å². The van der Waals surface area contributed by atoms with Crippen LogP contribution in [0.25, 0.3) is 0 Å². The van der Waals surface area contributed by atoms with Crippen molar-refractivity contribution in [3.63, 3.8) is 0 Å². The van der Waals surface area contributed by atoms with E-state index in [1.165, 1.54) is 11.8 Å². The molecule has 1 saturated carbocycles. The molecule has 0 radical (unpaired) electrons. The van der Waals surface area contributed by atoms with Gasteiger partial charge in [0.25, 0.3) is 0 Å². The zero-order valence-corrected chi connectivity index (χ0v) is 9.51. The molecule has 1 heterocycles. The van der Waals surface area contributed by atoms with E-state index >= 15 is 0 Å². The topological polar surface area (TPSA) is 57.6 Å². The van der Waals surface area contributed by atoms with Crippen LogP contribution in [-0.2, 0) is 9.59 Å². The third-order valence-electron chi connectivity index (χ3n) is 4.03. The molecule has 1 amide bonds. The van der Waals surface area contributed by atoms with Crippen LogP contribution < -0.4 is 4.90 Å². The van der Waals surface area contributed by atoms with E-state index in [2.05, 4.69) is 0 Å². The van der Waals surface area contributed by atoms with Crippen molar-refractivity contribution in [3.05, 3.63) is 29.8 Å². The molecule has 0 bridgehead atoms. The van der Waals surface area contributed by atoms with Crippen LogP contribution >= 0.6 is 0 Å². The second-order valence-corrected chi connectivity index (χ2v) is 4.73. The Bertz CT molecular complexity index is 525. The molecule has 2 atom stereocenters. The number of para-hydroxylation sites is 1. The second-order valence-electron chi connectivity index (χ2n) is 4.73. The van der Waals surface area contributed by atoms with Gasteiger partial charge in [0.1, 0.15) is 0 Å². The van der Waals surface area contributed by atoms with E-state index in [0.29, 0.717) is 6.42 Å². The summed E-state index contributed by atoms with van der Waals surface area (Å²) in [5.41, 5.74) is 0.747. The molecule has 1 aliphatic heterocycles. The largest absolute Gasteiger partial charge is 0.479 e. The number of carboxylic acid groups (broad SMARTS) is 1. The number of rotatable bonds is 1. The van der Waals surface area contributed by atoms with Crippen molar-refractivity contribution >= 4 is 17.6 Å². The standard InChI is InChI=1S/C13H13NO3/c1-8(15)14-11-5-3-2-4-9(11)10-6-7-13(10,14)12(16)17/h2-5,10H,6-7H2,1H3,(H,16,17). The first-order chi connectivity index (χ1) is 8.09. The number of nitrogens with zero attached hydrogens (tertiary/aromatic N) is 1. The van der Waals surface area contributed by atoms with Crippen LogP contribution in [0.4, 0.5) is 5.69 Å². The summed E-state index contributed by atoms with van der Waals surface area (Å²) in [6, 6.07) is 7.50. The Kier molecular flexibility index (Phi) is 1.88. The molecule has 4 heteroatoms. The van der Waals surface area contributed by atoms with Crippen molar-refractivity contribution in [1.29, 1.82) is 0 Å². The Morgan fingerprint density at radius 3 is 2.65 bits per heavy atom. The summed E-state index contributed by atoms with van der Waals surface area (Å²) < 4.78 is 0. The monoisotopic (exact) mass is 231 g/mol. The summed E-state index contributed by atoms with van der Waals surface area (Å²) in [6.07, 6.45) is 1.38. The van der Waals surface area contributed by atoms with E-state index in [-0.39, 0.29) is 11.8 Å². The fourth-order valence-corrected chi connectivity index (χ4v) is 3.25. The van der Waals surface area contributed by atoms with Gasteiger partial charge in [-0.2, -0.15) is 0 Å². The molecule has 3 rings (SSSR count). The Morgan fingerprint density at radius 1 is 1.41 bits per heavy atom. The van der Waals surface area contributed by atoms with Crippen molar-refractivity contribution in [3.8, 4) is 0 Å². The molecular weight excluding hydrogens is 218 g/mol. The first-order valence-electron chi connectivity index (χ1n) is 5.72. The van der Waals surface area contributed by atoms with E-state index in [1.807, 2.05) is 24.3 Å². The van der Waals surface area contributed by atoms with Gasteiger partial charge >= 0.3 is 5.97 Å². The molecule has 2 aliphatic rings. The van der Waals surface area contributed by atoms with Gasteiger partial charge in [0, 0.05) is 18.5 Å². The molecule has 1 aliphatic carbocycles. The first-order valence-corrected chi connectivity index (χ1v) is 5.72. The highest BCUT2D eigenvalue weighted by molar-refractivity contribution is 6.05. The minimum atomic E-state index is -1.02. The number of hydrogen-bond acceptors (Lipinski definition) is 2. The third kappa shape index (κ3) is 1.03. The van der Waals surface area contributed by atoms with Crippen molar-refractivity contribution in [2.45, 2.75) is 31.2 Å². The molecule has 88 valence electrons. The van der Waals surface area contributed by atoms with Crippen LogP contribution in [0, 0.1) is 0 Å². The Hall–Kier alpha value is -1.84. The highest BCUT2D eigenvalue weighted by atomic mass is 16.4. The second kappa shape index (κ2) is 3.09. The molecule has 0 spiro atoms. The molecule has 17 heavy (non-hydrogen) atoms. The third-order valence-corrected chi connectivity index (χ3v) is 4.03. The number of amides is 1. The number of hydrogen-bond donors (Lipinski definition) is 1. The number of benzene rings is 1. The Balaban J connectivity index is 2.22. The van der Waals surface area contributed by atoms with Gasteiger partial charge in [0.05, 0.1) is 0 Å². The summed E-state index contributed by atoms with van der Waals surface area (Å²) in [5, 5.41) is 9.49. The minimum absolute atomic E-state index is 0.0416. The predicted molar refractivity (Wildman–Crippen MR) is 61.9 cm³/mol. The van der Waals surface area contributed by atoms with E-state index < -0.39 is 11.5 Å². The SMILES string of the molecule is CC(=O)N1c2ccccc2C2CCC21C(=O)O. The van der Waals surface area contributed by atoms with Crippen molar-refractivity contribution in [2.24, 2.45) is 0 Å². The van der Waals surface area contributed by atoms with Gasteiger partial charge in [-0.25, -0.2) is 4.79 Å². The molecule has 1 N–H and O–H groups in total. The molecule has 4 nitrogen and oxygen atoms in total. The molecule has 2 unspecified atom stereocenters. The molecular formula is C13H13NO3. The summed E-state index contributed by atoms with van der Waals surface area (Å²) >= 11 is 0. The van der Waals surface area contributed by atoms with Crippen LogP contribution in [0.1, 0.15) is 31.2 Å².